The summed E-state index contributed by atoms with van der Waals surface area (Å²) in [4.78, 5) is 13.9. The topological polar surface area (TPSA) is 32.3 Å². The molecule has 20 heavy (non-hydrogen) atoms. The van der Waals surface area contributed by atoms with Crippen molar-refractivity contribution in [2.75, 3.05) is 37.6 Å². The standard InChI is InChI=1S/C15H23ClN4/c1-11(2)15-17-13(16)9-14(18-15)20-7-5-19(6-8-20)10-12-3-4-12/h9,11-12H,3-8,10H2,1-2H3. The number of anilines is 1. The van der Waals surface area contributed by atoms with E-state index in [1.807, 2.05) is 6.07 Å². The van der Waals surface area contributed by atoms with Crippen molar-refractivity contribution in [3.05, 3.63) is 17.0 Å². The zero-order chi connectivity index (χ0) is 14.1. The van der Waals surface area contributed by atoms with Gasteiger partial charge in [-0.15, -0.1) is 0 Å². The zero-order valence-corrected chi connectivity index (χ0v) is 13.1. The molecule has 2 fully saturated rings. The first-order valence-electron chi connectivity index (χ1n) is 7.63. The molecule has 1 aromatic heterocycles. The van der Waals surface area contributed by atoms with Crippen LogP contribution in [0.5, 0.6) is 0 Å². The fourth-order valence-corrected chi connectivity index (χ4v) is 2.85. The van der Waals surface area contributed by atoms with E-state index in [-0.39, 0.29) is 0 Å². The molecule has 2 aliphatic rings. The van der Waals surface area contributed by atoms with Crippen molar-refractivity contribution in [3.8, 4) is 0 Å². The maximum Gasteiger partial charge on any atom is 0.135 e. The Labute approximate surface area is 126 Å². The first-order chi connectivity index (χ1) is 9.61. The molecule has 1 aromatic rings. The van der Waals surface area contributed by atoms with E-state index >= 15 is 0 Å². The molecule has 0 N–H and O–H groups in total. The summed E-state index contributed by atoms with van der Waals surface area (Å²) in [6, 6.07) is 1.89. The van der Waals surface area contributed by atoms with Gasteiger partial charge in [0.2, 0.25) is 0 Å². The number of hydrogen-bond donors (Lipinski definition) is 0. The number of halogens is 1. The van der Waals surface area contributed by atoms with Crippen molar-refractivity contribution in [2.45, 2.75) is 32.6 Å². The summed E-state index contributed by atoms with van der Waals surface area (Å²) in [7, 11) is 0. The molecule has 1 aliphatic heterocycles. The lowest BCUT2D eigenvalue weighted by molar-refractivity contribution is 0.247. The van der Waals surface area contributed by atoms with Crippen LogP contribution in [0.4, 0.5) is 5.82 Å². The van der Waals surface area contributed by atoms with E-state index in [2.05, 4.69) is 33.6 Å². The second kappa shape index (κ2) is 5.86. The van der Waals surface area contributed by atoms with Crippen LogP contribution in [-0.2, 0) is 0 Å². The van der Waals surface area contributed by atoms with E-state index in [1.165, 1.54) is 19.4 Å². The Hall–Kier alpha value is -0.870. The van der Waals surface area contributed by atoms with E-state index in [0.29, 0.717) is 11.1 Å². The smallest absolute Gasteiger partial charge is 0.135 e. The van der Waals surface area contributed by atoms with E-state index < -0.39 is 0 Å². The van der Waals surface area contributed by atoms with Gasteiger partial charge in [-0.3, -0.25) is 4.90 Å². The maximum absolute atomic E-state index is 6.13. The van der Waals surface area contributed by atoms with Crippen LogP contribution < -0.4 is 4.90 Å². The third-order valence-electron chi connectivity index (χ3n) is 4.12. The SMILES string of the molecule is CC(C)c1nc(Cl)cc(N2CCN(CC3CC3)CC2)n1. The van der Waals surface area contributed by atoms with E-state index in [4.69, 9.17) is 11.6 Å². The molecule has 2 heterocycles. The molecule has 1 saturated carbocycles. The van der Waals surface area contributed by atoms with Crippen molar-refractivity contribution >= 4 is 17.4 Å². The lowest BCUT2D eigenvalue weighted by Crippen LogP contribution is -2.47. The molecule has 4 nitrogen and oxygen atoms in total. The van der Waals surface area contributed by atoms with Gasteiger partial charge in [-0.05, 0) is 18.8 Å². The summed E-state index contributed by atoms with van der Waals surface area (Å²) >= 11 is 6.13. The predicted molar refractivity (Wildman–Crippen MR) is 82.5 cm³/mol. The molecule has 110 valence electrons. The monoisotopic (exact) mass is 294 g/mol. The quantitative estimate of drug-likeness (QED) is 0.799. The Morgan fingerprint density at radius 2 is 1.90 bits per heavy atom. The molecule has 0 spiro atoms. The minimum Gasteiger partial charge on any atom is -0.354 e. The van der Waals surface area contributed by atoms with Crippen LogP contribution in [0, 0.1) is 5.92 Å². The third-order valence-corrected chi connectivity index (χ3v) is 4.32. The van der Waals surface area contributed by atoms with Crippen LogP contribution in [-0.4, -0.2) is 47.6 Å². The fourth-order valence-electron chi connectivity index (χ4n) is 2.67. The van der Waals surface area contributed by atoms with Gasteiger partial charge < -0.3 is 4.90 Å². The molecule has 5 heteroatoms. The first-order valence-corrected chi connectivity index (χ1v) is 8.01. The molecule has 0 amide bonds. The average Bonchev–Trinajstić information content (AvgIpc) is 3.23. The van der Waals surface area contributed by atoms with Crippen LogP contribution >= 0.6 is 11.6 Å². The van der Waals surface area contributed by atoms with Gasteiger partial charge in [-0.25, -0.2) is 9.97 Å². The van der Waals surface area contributed by atoms with Gasteiger partial charge in [0.05, 0.1) is 0 Å². The first kappa shape index (κ1) is 14.1. The highest BCUT2D eigenvalue weighted by molar-refractivity contribution is 6.29. The highest BCUT2D eigenvalue weighted by atomic mass is 35.5. The molecule has 0 aromatic carbocycles. The van der Waals surface area contributed by atoms with Gasteiger partial charge in [0.15, 0.2) is 0 Å². The zero-order valence-electron chi connectivity index (χ0n) is 12.3. The Morgan fingerprint density at radius 3 is 2.50 bits per heavy atom. The predicted octanol–water partition coefficient (Wildman–Crippen LogP) is 2.79. The summed E-state index contributed by atoms with van der Waals surface area (Å²) in [5.74, 6) is 3.11. The third kappa shape index (κ3) is 3.41. The molecule has 0 bridgehead atoms. The molecular weight excluding hydrogens is 272 g/mol. The number of hydrogen-bond acceptors (Lipinski definition) is 4. The van der Waals surface area contributed by atoms with Gasteiger partial charge in [0.25, 0.3) is 0 Å². The summed E-state index contributed by atoms with van der Waals surface area (Å²) in [6.45, 7) is 9.83. The van der Waals surface area contributed by atoms with Crippen molar-refractivity contribution in [3.63, 3.8) is 0 Å². The van der Waals surface area contributed by atoms with Crippen molar-refractivity contribution in [2.24, 2.45) is 5.92 Å². The fraction of sp³-hybridized carbons (Fsp3) is 0.733. The van der Waals surface area contributed by atoms with Crippen LogP contribution in [0.25, 0.3) is 0 Å². The van der Waals surface area contributed by atoms with Gasteiger partial charge in [-0.1, -0.05) is 25.4 Å². The molecule has 1 saturated heterocycles. The minimum absolute atomic E-state index is 0.309. The highest BCUT2D eigenvalue weighted by Crippen LogP contribution is 2.30. The second-order valence-electron chi connectivity index (χ2n) is 6.29. The number of aromatic nitrogens is 2. The normalized spacial score (nSPS) is 20.7. The average molecular weight is 295 g/mol. The Kier molecular flexibility index (Phi) is 4.13. The minimum atomic E-state index is 0.309. The Morgan fingerprint density at radius 1 is 1.20 bits per heavy atom. The molecule has 0 radical (unpaired) electrons. The summed E-state index contributed by atoms with van der Waals surface area (Å²) < 4.78 is 0. The highest BCUT2D eigenvalue weighted by Gasteiger charge is 2.26. The summed E-state index contributed by atoms with van der Waals surface area (Å²) in [6.07, 6.45) is 2.86. The number of piperazine rings is 1. The molecule has 0 atom stereocenters. The molecule has 3 rings (SSSR count). The van der Waals surface area contributed by atoms with E-state index in [9.17, 15) is 0 Å². The van der Waals surface area contributed by atoms with Gasteiger partial charge in [-0.2, -0.15) is 0 Å². The lowest BCUT2D eigenvalue weighted by Gasteiger charge is -2.35. The number of rotatable bonds is 4. The second-order valence-corrected chi connectivity index (χ2v) is 6.68. The molecular formula is C15H23ClN4. The van der Waals surface area contributed by atoms with Crippen LogP contribution in [0.1, 0.15) is 38.4 Å². The van der Waals surface area contributed by atoms with Crippen LogP contribution in [0.2, 0.25) is 5.15 Å². The van der Waals surface area contributed by atoms with Gasteiger partial charge >= 0.3 is 0 Å². The van der Waals surface area contributed by atoms with E-state index in [1.54, 1.807) is 0 Å². The summed E-state index contributed by atoms with van der Waals surface area (Å²) in [5.41, 5.74) is 0. The summed E-state index contributed by atoms with van der Waals surface area (Å²) in [5, 5.41) is 0.555. The lowest BCUT2D eigenvalue weighted by atomic mass is 10.2. The van der Waals surface area contributed by atoms with Crippen LogP contribution in [0.3, 0.4) is 0 Å². The Balaban J connectivity index is 1.64. The van der Waals surface area contributed by atoms with Crippen molar-refractivity contribution < 1.29 is 0 Å². The van der Waals surface area contributed by atoms with Gasteiger partial charge in [0.1, 0.15) is 16.8 Å². The largest absolute Gasteiger partial charge is 0.354 e. The maximum atomic E-state index is 6.13. The number of nitrogens with zero attached hydrogens (tertiary/aromatic N) is 4. The van der Waals surface area contributed by atoms with Crippen molar-refractivity contribution in [1.82, 2.24) is 14.9 Å². The molecule has 0 unspecified atom stereocenters. The molecule has 1 aliphatic carbocycles. The van der Waals surface area contributed by atoms with E-state index in [0.717, 1.165) is 43.7 Å². The van der Waals surface area contributed by atoms with Crippen LogP contribution in [0.15, 0.2) is 6.07 Å². The Bertz CT molecular complexity index is 465. The van der Waals surface area contributed by atoms with Gasteiger partial charge in [0, 0.05) is 44.7 Å². The van der Waals surface area contributed by atoms with Crippen molar-refractivity contribution in [1.29, 1.82) is 0 Å².